The molecule has 29 heavy (non-hydrogen) atoms. The Morgan fingerprint density at radius 1 is 1.17 bits per heavy atom. The number of hydrogen-bond acceptors (Lipinski definition) is 6. The Bertz CT molecular complexity index is 1070. The van der Waals surface area contributed by atoms with E-state index in [1.54, 1.807) is 11.3 Å². The lowest BCUT2D eigenvalue weighted by atomic mass is 10.2. The number of nitrogens with one attached hydrogen (secondary N) is 1. The van der Waals surface area contributed by atoms with Crippen LogP contribution in [-0.4, -0.2) is 48.4 Å². The Kier molecular flexibility index (Phi) is 6.03. The highest BCUT2D eigenvalue weighted by Gasteiger charge is 2.15. The van der Waals surface area contributed by atoms with Gasteiger partial charge in [-0.05, 0) is 37.0 Å². The van der Waals surface area contributed by atoms with Gasteiger partial charge in [0.15, 0.2) is 11.5 Å². The highest BCUT2D eigenvalue weighted by Crippen LogP contribution is 2.24. The van der Waals surface area contributed by atoms with Crippen LogP contribution < -0.4 is 5.32 Å². The second-order valence-corrected chi connectivity index (χ2v) is 8.05. The predicted octanol–water partition coefficient (Wildman–Crippen LogP) is 2.72. The van der Waals surface area contributed by atoms with Crippen molar-refractivity contribution in [3.05, 3.63) is 59.3 Å². The lowest BCUT2D eigenvalue weighted by molar-refractivity contribution is 0.151. The molecule has 4 rings (SSSR count). The Hall–Kier alpha value is -2.55. The second kappa shape index (κ2) is 8.86. The first-order valence-corrected chi connectivity index (χ1v) is 10.8. The summed E-state index contributed by atoms with van der Waals surface area (Å²) < 4.78 is 3.94. The van der Waals surface area contributed by atoms with Gasteiger partial charge in [0.05, 0.1) is 23.2 Å². The highest BCUT2D eigenvalue weighted by molar-refractivity contribution is 7.13. The highest BCUT2D eigenvalue weighted by atomic mass is 32.1. The number of aliphatic hydroxyl groups excluding tert-OH is 1. The molecular weight excluding hydrogens is 384 g/mol. The molecule has 2 N–H and O–H groups in total. The molecule has 4 aromatic heterocycles. The number of likely N-dealkylation sites (N-methyl/N-ethyl adjacent to an activating group) is 1. The number of aryl methyl sites for hydroxylation is 3. The molecular formula is C21H26N6OS. The summed E-state index contributed by atoms with van der Waals surface area (Å²) in [6, 6.07) is 10.1. The van der Waals surface area contributed by atoms with Crippen molar-refractivity contribution in [2.24, 2.45) is 0 Å². The maximum atomic E-state index is 10.4. The number of fused-ring (bicyclic) bond motifs is 1. The van der Waals surface area contributed by atoms with Gasteiger partial charge in [-0.1, -0.05) is 19.1 Å². The maximum absolute atomic E-state index is 10.4. The summed E-state index contributed by atoms with van der Waals surface area (Å²) in [5.74, 6) is 1.75. The Balaban J connectivity index is 1.54. The minimum absolute atomic E-state index is 0.463. The van der Waals surface area contributed by atoms with E-state index < -0.39 is 6.10 Å². The lowest BCUT2D eigenvalue weighted by Gasteiger charge is -2.13. The molecule has 4 heterocycles. The minimum atomic E-state index is -0.463. The quantitative estimate of drug-likeness (QED) is 0.443. The molecule has 0 aliphatic heterocycles. The van der Waals surface area contributed by atoms with Crippen LogP contribution in [-0.2, 0) is 19.4 Å². The zero-order valence-corrected chi connectivity index (χ0v) is 17.6. The summed E-state index contributed by atoms with van der Waals surface area (Å²) >= 11 is 1.67. The molecule has 1 atom stereocenters. The largest absolute Gasteiger partial charge is 0.390 e. The summed E-state index contributed by atoms with van der Waals surface area (Å²) in [7, 11) is 0. The van der Waals surface area contributed by atoms with Crippen molar-refractivity contribution < 1.29 is 5.11 Å². The number of aliphatic hydroxyl groups is 1. The van der Waals surface area contributed by atoms with Crippen LogP contribution in [0, 0.1) is 6.92 Å². The number of thiophene rings is 1. The van der Waals surface area contributed by atoms with Crippen LogP contribution in [0.3, 0.4) is 0 Å². The van der Waals surface area contributed by atoms with E-state index in [1.807, 2.05) is 48.8 Å². The Morgan fingerprint density at radius 3 is 2.83 bits per heavy atom. The van der Waals surface area contributed by atoms with Crippen LogP contribution in [0.25, 0.3) is 16.2 Å². The van der Waals surface area contributed by atoms with Crippen molar-refractivity contribution in [1.82, 2.24) is 29.5 Å². The van der Waals surface area contributed by atoms with Gasteiger partial charge in [-0.25, -0.2) is 14.5 Å². The third-order valence-corrected chi connectivity index (χ3v) is 5.73. The molecule has 0 spiro atoms. The first-order valence-electron chi connectivity index (χ1n) is 9.94. The molecule has 0 saturated carbocycles. The van der Waals surface area contributed by atoms with Crippen molar-refractivity contribution >= 4 is 17.0 Å². The fraction of sp³-hybridized carbons (Fsp3) is 0.381. The third-order valence-electron chi connectivity index (χ3n) is 4.84. The normalized spacial score (nSPS) is 12.7. The van der Waals surface area contributed by atoms with Gasteiger partial charge in [-0.2, -0.15) is 5.10 Å². The van der Waals surface area contributed by atoms with Gasteiger partial charge in [0, 0.05) is 31.3 Å². The molecule has 0 aliphatic carbocycles. The van der Waals surface area contributed by atoms with Gasteiger partial charge in [-0.3, -0.25) is 0 Å². The number of pyridine rings is 1. The fourth-order valence-corrected chi connectivity index (χ4v) is 4.05. The molecule has 0 saturated heterocycles. The maximum Gasteiger partial charge on any atom is 0.155 e. The molecule has 7 nitrogen and oxygen atoms in total. The van der Waals surface area contributed by atoms with Crippen molar-refractivity contribution in [3.63, 3.8) is 0 Å². The summed E-state index contributed by atoms with van der Waals surface area (Å²) in [4.78, 5) is 10.6. The standard InChI is InChI=1S/C21H26N6OS/c1-3-22-12-16(28)13-26-14-17(18-7-5-11-29-18)23-20(26)10-9-19-24-21-8-4-6-15(2)27(21)25-19/h4-8,11,14,16,22,28H,3,9-10,12-13H2,1-2H3/t16-/m0/s1. The second-order valence-electron chi connectivity index (χ2n) is 7.10. The van der Waals surface area contributed by atoms with Crippen molar-refractivity contribution in [2.75, 3.05) is 13.1 Å². The van der Waals surface area contributed by atoms with Crippen LogP contribution in [0.5, 0.6) is 0 Å². The molecule has 152 valence electrons. The van der Waals surface area contributed by atoms with E-state index in [9.17, 15) is 5.11 Å². The molecule has 0 aliphatic rings. The average Bonchev–Trinajstić information content (AvgIpc) is 3.44. The Labute approximate surface area is 174 Å². The summed E-state index contributed by atoms with van der Waals surface area (Å²) in [6.45, 7) is 5.98. The van der Waals surface area contributed by atoms with Gasteiger partial charge in [-0.15, -0.1) is 11.3 Å². The van der Waals surface area contributed by atoms with Gasteiger partial charge in [0.25, 0.3) is 0 Å². The first-order chi connectivity index (χ1) is 14.1. The van der Waals surface area contributed by atoms with E-state index in [4.69, 9.17) is 4.98 Å². The zero-order chi connectivity index (χ0) is 20.2. The number of hydrogen-bond donors (Lipinski definition) is 2. The van der Waals surface area contributed by atoms with Crippen LogP contribution in [0.2, 0.25) is 0 Å². The van der Waals surface area contributed by atoms with E-state index >= 15 is 0 Å². The molecule has 0 aromatic carbocycles. The topological polar surface area (TPSA) is 80.3 Å². The van der Waals surface area contributed by atoms with E-state index in [-0.39, 0.29) is 0 Å². The third kappa shape index (κ3) is 4.55. The lowest BCUT2D eigenvalue weighted by Crippen LogP contribution is -2.30. The van der Waals surface area contributed by atoms with E-state index in [2.05, 4.69) is 31.4 Å². The van der Waals surface area contributed by atoms with Gasteiger partial charge in [0.1, 0.15) is 5.82 Å². The minimum Gasteiger partial charge on any atom is -0.390 e. The Morgan fingerprint density at radius 2 is 2.07 bits per heavy atom. The van der Waals surface area contributed by atoms with Gasteiger partial charge in [0.2, 0.25) is 0 Å². The van der Waals surface area contributed by atoms with E-state index in [0.29, 0.717) is 19.5 Å². The molecule has 0 fully saturated rings. The first kappa shape index (κ1) is 19.8. The average molecular weight is 411 g/mol. The number of rotatable bonds is 9. The predicted molar refractivity (Wildman–Crippen MR) is 115 cm³/mol. The summed E-state index contributed by atoms with van der Waals surface area (Å²) in [6.07, 6.45) is 2.99. The van der Waals surface area contributed by atoms with Gasteiger partial charge < -0.3 is 15.0 Å². The van der Waals surface area contributed by atoms with Crippen LogP contribution in [0.1, 0.15) is 24.3 Å². The molecule has 0 unspecified atom stereocenters. The molecule has 4 aromatic rings. The fourth-order valence-electron chi connectivity index (χ4n) is 3.37. The van der Waals surface area contributed by atoms with Crippen LogP contribution >= 0.6 is 11.3 Å². The smallest absolute Gasteiger partial charge is 0.155 e. The molecule has 0 amide bonds. The van der Waals surface area contributed by atoms with Gasteiger partial charge >= 0.3 is 0 Å². The monoisotopic (exact) mass is 410 g/mol. The zero-order valence-electron chi connectivity index (χ0n) is 16.7. The summed E-state index contributed by atoms with van der Waals surface area (Å²) in [5, 5.41) is 20.2. The summed E-state index contributed by atoms with van der Waals surface area (Å²) in [5.41, 5.74) is 2.88. The molecule has 0 bridgehead atoms. The van der Waals surface area contributed by atoms with Crippen molar-refractivity contribution in [3.8, 4) is 10.6 Å². The number of nitrogens with zero attached hydrogens (tertiary/aromatic N) is 5. The van der Waals surface area contributed by atoms with Crippen molar-refractivity contribution in [2.45, 2.75) is 39.3 Å². The molecule has 8 heteroatoms. The number of aromatic nitrogens is 5. The van der Waals surface area contributed by atoms with E-state index in [1.165, 1.54) is 0 Å². The van der Waals surface area contributed by atoms with Crippen LogP contribution in [0.4, 0.5) is 0 Å². The van der Waals surface area contributed by atoms with Crippen LogP contribution in [0.15, 0.2) is 41.9 Å². The van der Waals surface area contributed by atoms with E-state index in [0.717, 1.165) is 46.5 Å². The van der Waals surface area contributed by atoms with Crippen molar-refractivity contribution in [1.29, 1.82) is 0 Å². The SMILES string of the molecule is CCNC[C@H](O)Cn1cc(-c2cccs2)nc1CCc1nc2cccc(C)n2n1. The number of imidazole rings is 1. The molecule has 0 radical (unpaired) electrons.